The molecule has 0 fully saturated rings. The Bertz CT molecular complexity index is 789. The summed E-state index contributed by atoms with van der Waals surface area (Å²) >= 11 is 3.46. The predicted octanol–water partition coefficient (Wildman–Crippen LogP) is 3.59. The predicted molar refractivity (Wildman–Crippen MR) is 93.8 cm³/mol. The van der Waals surface area contributed by atoms with E-state index >= 15 is 0 Å². The van der Waals surface area contributed by atoms with Crippen molar-refractivity contribution < 1.29 is 28.5 Å². The summed E-state index contributed by atoms with van der Waals surface area (Å²) < 4.78 is 27.6. The zero-order valence-corrected chi connectivity index (χ0v) is 15.4. The van der Waals surface area contributed by atoms with Crippen LogP contribution in [0.25, 0.3) is 0 Å². The molecule has 6 nitrogen and oxygen atoms in total. The zero-order chi connectivity index (χ0) is 17.8. The molecule has 25 heavy (non-hydrogen) atoms. The number of methoxy groups -OCH3 is 2. The summed E-state index contributed by atoms with van der Waals surface area (Å²) in [5, 5.41) is 0. The fourth-order valence-corrected chi connectivity index (χ4v) is 2.84. The second kappa shape index (κ2) is 7.65. The summed E-state index contributed by atoms with van der Waals surface area (Å²) in [6.07, 6.45) is 0. The van der Waals surface area contributed by atoms with Gasteiger partial charge in [0.05, 0.1) is 14.2 Å². The van der Waals surface area contributed by atoms with Gasteiger partial charge in [0.1, 0.15) is 36.9 Å². The van der Waals surface area contributed by atoms with Crippen LogP contribution in [-0.2, 0) is 11.3 Å². The molecule has 2 aromatic carbocycles. The number of ether oxygens (including phenoxy) is 5. The molecule has 0 N–H and O–H groups in total. The van der Waals surface area contributed by atoms with Gasteiger partial charge in [-0.2, -0.15) is 0 Å². The minimum absolute atomic E-state index is 0.0885. The Labute approximate surface area is 153 Å². The second-order valence-corrected chi connectivity index (χ2v) is 6.08. The number of hydrogen-bond acceptors (Lipinski definition) is 6. The Morgan fingerprint density at radius 1 is 1.08 bits per heavy atom. The van der Waals surface area contributed by atoms with Crippen LogP contribution < -0.4 is 18.9 Å². The summed E-state index contributed by atoms with van der Waals surface area (Å²) in [5.41, 5.74) is 1.11. The van der Waals surface area contributed by atoms with Gasteiger partial charge in [-0.1, -0.05) is 15.9 Å². The molecule has 0 saturated heterocycles. The van der Waals surface area contributed by atoms with Crippen molar-refractivity contribution in [3.8, 4) is 23.0 Å². The van der Waals surface area contributed by atoms with Gasteiger partial charge >= 0.3 is 5.97 Å². The van der Waals surface area contributed by atoms with Crippen molar-refractivity contribution >= 4 is 21.9 Å². The molecule has 0 bridgehead atoms. The third kappa shape index (κ3) is 3.82. The van der Waals surface area contributed by atoms with Crippen molar-refractivity contribution in [2.75, 3.05) is 27.4 Å². The summed E-state index contributed by atoms with van der Waals surface area (Å²) in [7, 11) is 3.04. The molecule has 0 aliphatic carbocycles. The highest BCUT2D eigenvalue weighted by Crippen LogP contribution is 2.36. The highest BCUT2D eigenvalue weighted by Gasteiger charge is 2.18. The monoisotopic (exact) mass is 408 g/mol. The van der Waals surface area contributed by atoms with Crippen molar-refractivity contribution in [3.05, 3.63) is 45.9 Å². The van der Waals surface area contributed by atoms with Crippen molar-refractivity contribution in [2.24, 2.45) is 0 Å². The van der Waals surface area contributed by atoms with Crippen LogP contribution in [0.4, 0.5) is 0 Å². The molecule has 132 valence electrons. The van der Waals surface area contributed by atoms with Gasteiger partial charge in [0.15, 0.2) is 11.5 Å². The van der Waals surface area contributed by atoms with Crippen molar-refractivity contribution in [2.45, 2.75) is 6.61 Å². The molecule has 1 aliphatic rings. The lowest BCUT2D eigenvalue weighted by atomic mass is 10.2. The van der Waals surface area contributed by atoms with Gasteiger partial charge in [-0.25, -0.2) is 4.79 Å². The topological polar surface area (TPSA) is 63.2 Å². The summed E-state index contributed by atoms with van der Waals surface area (Å²) in [6, 6.07) is 8.54. The highest BCUT2D eigenvalue weighted by molar-refractivity contribution is 9.10. The Morgan fingerprint density at radius 2 is 1.80 bits per heavy atom. The summed E-state index contributed by atoms with van der Waals surface area (Å²) in [6.45, 7) is 1.10. The van der Waals surface area contributed by atoms with Gasteiger partial charge in [0, 0.05) is 16.1 Å². The molecule has 1 heterocycles. The number of hydrogen-bond donors (Lipinski definition) is 0. The number of carbonyl (C=O) groups excluding carboxylic acids is 1. The van der Waals surface area contributed by atoms with Crippen molar-refractivity contribution in [1.82, 2.24) is 0 Å². The standard InChI is InChI=1S/C18H17BrO6/c1-21-12-3-4-13(15(8-12)22-2)18(20)25-10-11-7-16-17(9-14(11)19)24-6-5-23-16/h3-4,7-9H,5-6,10H2,1-2H3. The van der Waals surface area contributed by atoms with Crippen LogP contribution in [0.5, 0.6) is 23.0 Å². The fourth-order valence-electron chi connectivity index (χ4n) is 2.40. The molecular weight excluding hydrogens is 392 g/mol. The molecule has 1 aliphatic heterocycles. The zero-order valence-electron chi connectivity index (χ0n) is 13.8. The SMILES string of the molecule is COc1ccc(C(=O)OCc2cc3c(cc2Br)OCCO3)c(OC)c1. The molecular formula is C18H17BrO6. The molecule has 0 atom stereocenters. The van der Waals surface area contributed by atoms with E-state index in [-0.39, 0.29) is 6.61 Å². The van der Waals surface area contributed by atoms with E-state index in [4.69, 9.17) is 23.7 Å². The Morgan fingerprint density at radius 3 is 2.48 bits per heavy atom. The van der Waals surface area contributed by atoms with Gasteiger partial charge in [0.25, 0.3) is 0 Å². The summed E-state index contributed by atoms with van der Waals surface area (Å²) in [5.74, 6) is 1.82. The van der Waals surface area contributed by atoms with Crippen molar-refractivity contribution in [1.29, 1.82) is 0 Å². The summed E-state index contributed by atoms with van der Waals surface area (Å²) in [4.78, 5) is 12.4. The van der Waals surface area contributed by atoms with E-state index in [9.17, 15) is 4.79 Å². The quantitative estimate of drug-likeness (QED) is 0.704. The number of halogens is 1. The van der Waals surface area contributed by atoms with Gasteiger partial charge in [0.2, 0.25) is 0 Å². The first-order valence-electron chi connectivity index (χ1n) is 7.59. The Kier molecular flexibility index (Phi) is 5.33. The van der Waals surface area contributed by atoms with E-state index in [1.807, 2.05) is 6.07 Å². The Hall–Kier alpha value is -2.41. The van der Waals surface area contributed by atoms with Gasteiger partial charge in [-0.3, -0.25) is 0 Å². The average Bonchev–Trinajstić information content (AvgIpc) is 2.65. The maximum atomic E-state index is 12.4. The van der Waals surface area contributed by atoms with E-state index < -0.39 is 5.97 Å². The molecule has 0 saturated carbocycles. The lowest BCUT2D eigenvalue weighted by Crippen LogP contribution is -2.16. The van der Waals surface area contributed by atoms with Gasteiger partial charge in [-0.15, -0.1) is 0 Å². The maximum absolute atomic E-state index is 12.4. The van der Waals surface area contributed by atoms with Gasteiger partial charge in [-0.05, 0) is 24.3 Å². The molecule has 2 aromatic rings. The highest BCUT2D eigenvalue weighted by atomic mass is 79.9. The minimum Gasteiger partial charge on any atom is -0.497 e. The van der Waals surface area contributed by atoms with Crippen LogP contribution in [0.1, 0.15) is 15.9 Å². The van der Waals surface area contributed by atoms with Crippen LogP contribution in [0.3, 0.4) is 0 Å². The van der Waals surface area contributed by atoms with E-state index in [2.05, 4.69) is 15.9 Å². The van der Waals surface area contributed by atoms with Crippen LogP contribution >= 0.6 is 15.9 Å². The van der Waals surface area contributed by atoms with E-state index in [1.165, 1.54) is 7.11 Å². The molecule has 0 unspecified atom stereocenters. The van der Waals surface area contributed by atoms with Crippen LogP contribution in [0.15, 0.2) is 34.8 Å². The smallest absolute Gasteiger partial charge is 0.342 e. The number of esters is 1. The van der Waals surface area contributed by atoms with E-state index in [0.717, 1.165) is 10.0 Å². The number of fused-ring (bicyclic) bond motifs is 1. The third-order valence-electron chi connectivity index (χ3n) is 3.70. The third-order valence-corrected chi connectivity index (χ3v) is 4.44. The number of benzene rings is 2. The van der Waals surface area contributed by atoms with Crippen LogP contribution in [0.2, 0.25) is 0 Å². The Balaban J connectivity index is 1.74. The van der Waals surface area contributed by atoms with Gasteiger partial charge < -0.3 is 23.7 Å². The second-order valence-electron chi connectivity index (χ2n) is 5.23. The molecule has 0 spiro atoms. The minimum atomic E-state index is -0.485. The van der Waals surface area contributed by atoms with Crippen LogP contribution in [0, 0.1) is 0 Å². The average molecular weight is 409 g/mol. The molecule has 0 amide bonds. The first-order valence-corrected chi connectivity index (χ1v) is 8.39. The fraction of sp³-hybridized carbons (Fsp3) is 0.278. The molecule has 0 aromatic heterocycles. The van der Waals surface area contributed by atoms with E-state index in [0.29, 0.717) is 41.8 Å². The molecule has 3 rings (SSSR count). The number of carbonyl (C=O) groups is 1. The molecule has 0 radical (unpaired) electrons. The first-order chi connectivity index (χ1) is 12.1. The van der Waals surface area contributed by atoms with Crippen LogP contribution in [-0.4, -0.2) is 33.4 Å². The largest absolute Gasteiger partial charge is 0.497 e. The first kappa shape index (κ1) is 17.4. The number of rotatable bonds is 5. The lowest BCUT2D eigenvalue weighted by molar-refractivity contribution is 0.0467. The normalized spacial score (nSPS) is 12.4. The maximum Gasteiger partial charge on any atom is 0.342 e. The molecule has 7 heteroatoms. The van der Waals surface area contributed by atoms with E-state index in [1.54, 1.807) is 31.4 Å². The van der Waals surface area contributed by atoms with Crippen molar-refractivity contribution in [3.63, 3.8) is 0 Å². The lowest BCUT2D eigenvalue weighted by Gasteiger charge is -2.20.